The number of rotatable bonds is 7. The van der Waals surface area contributed by atoms with Crippen molar-refractivity contribution in [3.63, 3.8) is 0 Å². The highest BCUT2D eigenvalue weighted by Gasteiger charge is 2.52. The van der Waals surface area contributed by atoms with E-state index < -0.39 is 11.5 Å². The van der Waals surface area contributed by atoms with Gasteiger partial charge in [-0.3, -0.25) is 14.3 Å². The van der Waals surface area contributed by atoms with Crippen LogP contribution in [0.5, 0.6) is 5.75 Å². The van der Waals surface area contributed by atoms with Gasteiger partial charge in [-0.1, -0.05) is 30.3 Å². The van der Waals surface area contributed by atoms with Gasteiger partial charge in [0.15, 0.2) is 0 Å². The summed E-state index contributed by atoms with van der Waals surface area (Å²) < 4.78 is 6.95. The van der Waals surface area contributed by atoms with E-state index in [1.807, 2.05) is 61.8 Å². The lowest BCUT2D eigenvalue weighted by molar-refractivity contribution is -0.130. The van der Waals surface area contributed by atoms with Gasteiger partial charge in [-0.05, 0) is 47.7 Å². The predicted molar refractivity (Wildman–Crippen MR) is 118 cm³/mol. The third-order valence-electron chi connectivity index (χ3n) is 5.87. The number of nitrogens with zero attached hydrogens (tertiary/aromatic N) is 2. The first-order valence-corrected chi connectivity index (χ1v) is 10.2. The van der Waals surface area contributed by atoms with E-state index in [-0.39, 0.29) is 11.8 Å². The average Bonchev–Trinajstić information content (AvgIpc) is 3.51. The minimum atomic E-state index is -0.787. The van der Waals surface area contributed by atoms with Crippen molar-refractivity contribution in [2.45, 2.75) is 24.3 Å². The van der Waals surface area contributed by atoms with Crippen molar-refractivity contribution in [1.29, 1.82) is 0 Å². The minimum absolute atomic E-state index is 0.141. The molecule has 2 aromatic carbocycles. The predicted octanol–water partition coefficient (Wildman–Crippen LogP) is 2.73. The van der Waals surface area contributed by atoms with Gasteiger partial charge in [-0.15, -0.1) is 0 Å². The Bertz CT molecular complexity index is 1100. The van der Waals surface area contributed by atoms with Crippen molar-refractivity contribution in [2.75, 3.05) is 14.2 Å². The number of hydrogen-bond donors (Lipinski definition) is 2. The van der Waals surface area contributed by atoms with Gasteiger partial charge >= 0.3 is 0 Å². The summed E-state index contributed by atoms with van der Waals surface area (Å²) in [6.07, 6.45) is 5.19. The molecule has 1 aliphatic carbocycles. The number of aryl methyl sites for hydroxylation is 1. The van der Waals surface area contributed by atoms with Crippen LogP contribution in [0.25, 0.3) is 11.1 Å². The summed E-state index contributed by atoms with van der Waals surface area (Å²) in [6, 6.07) is 14.4. The number of likely N-dealkylation sites (N-methyl/N-ethyl adjacent to an activating group) is 1. The number of benzene rings is 2. The van der Waals surface area contributed by atoms with Gasteiger partial charge in [0, 0.05) is 25.9 Å². The monoisotopic (exact) mass is 418 g/mol. The fourth-order valence-corrected chi connectivity index (χ4v) is 3.86. The van der Waals surface area contributed by atoms with Gasteiger partial charge in [0.25, 0.3) is 0 Å². The molecular weight excluding hydrogens is 392 g/mol. The second kappa shape index (κ2) is 8.26. The van der Waals surface area contributed by atoms with E-state index in [4.69, 9.17) is 4.74 Å². The highest BCUT2D eigenvalue weighted by Crippen LogP contribution is 2.49. The first-order valence-electron chi connectivity index (χ1n) is 10.2. The first-order chi connectivity index (χ1) is 15.0. The van der Waals surface area contributed by atoms with E-state index >= 15 is 0 Å². The Labute approximate surface area is 181 Å². The van der Waals surface area contributed by atoms with Crippen LogP contribution in [0.4, 0.5) is 0 Å². The zero-order valence-electron chi connectivity index (χ0n) is 17.9. The zero-order valence-corrected chi connectivity index (χ0v) is 17.9. The third kappa shape index (κ3) is 4.03. The molecule has 0 saturated heterocycles. The zero-order chi connectivity index (χ0) is 22.0. The number of aromatic nitrogens is 2. The molecule has 160 valence electrons. The van der Waals surface area contributed by atoms with Crippen LogP contribution >= 0.6 is 0 Å². The molecule has 1 unspecified atom stereocenters. The van der Waals surface area contributed by atoms with E-state index in [1.54, 1.807) is 25.0 Å². The smallest absolute Gasteiger partial charge is 0.246 e. The van der Waals surface area contributed by atoms with Crippen molar-refractivity contribution in [3.8, 4) is 16.9 Å². The van der Waals surface area contributed by atoms with Crippen LogP contribution in [0, 0.1) is 0 Å². The topological polar surface area (TPSA) is 85.2 Å². The molecule has 0 bridgehead atoms. The van der Waals surface area contributed by atoms with Gasteiger partial charge in [-0.25, -0.2) is 0 Å². The number of methoxy groups -OCH3 is 1. The maximum Gasteiger partial charge on any atom is 0.246 e. The minimum Gasteiger partial charge on any atom is -0.497 e. The molecule has 1 fully saturated rings. The Kier molecular flexibility index (Phi) is 5.50. The number of carbonyl (C=O) groups is 2. The molecule has 1 saturated carbocycles. The van der Waals surface area contributed by atoms with Crippen molar-refractivity contribution < 1.29 is 14.3 Å². The highest BCUT2D eigenvalue weighted by atomic mass is 16.5. The normalized spacial score (nSPS) is 15.1. The number of hydrogen-bond acceptors (Lipinski definition) is 4. The Hall–Kier alpha value is -3.61. The molecule has 31 heavy (non-hydrogen) atoms. The molecular formula is C24H26N4O3. The second-order valence-electron chi connectivity index (χ2n) is 7.86. The maximum absolute atomic E-state index is 13.3. The molecule has 2 N–H and O–H groups in total. The summed E-state index contributed by atoms with van der Waals surface area (Å²) in [6.45, 7) is 0. The summed E-state index contributed by atoms with van der Waals surface area (Å²) in [5, 5.41) is 9.88. The maximum atomic E-state index is 13.3. The molecule has 0 aliphatic heterocycles. The van der Waals surface area contributed by atoms with Gasteiger partial charge in [-0.2, -0.15) is 5.10 Å². The summed E-state index contributed by atoms with van der Waals surface area (Å²) in [5.41, 5.74) is 2.94. The number of carbonyl (C=O) groups excluding carboxylic acids is 2. The molecule has 7 heteroatoms. The number of ether oxygens (including phenoxy) is 1. The number of amides is 2. The van der Waals surface area contributed by atoms with E-state index in [9.17, 15) is 9.59 Å². The van der Waals surface area contributed by atoms with Gasteiger partial charge in [0.1, 0.15) is 11.8 Å². The molecule has 1 aliphatic rings. The lowest BCUT2D eigenvalue weighted by Gasteiger charge is -2.22. The second-order valence-corrected chi connectivity index (χ2v) is 7.86. The van der Waals surface area contributed by atoms with Crippen LogP contribution in [0.3, 0.4) is 0 Å². The van der Waals surface area contributed by atoms with Crippen molar-refractivity contribution in [1.82, 2.24) is 20.4 Å². The fraction of sp³-hybridized carbons (Fsp3) is 0.292. The molecule has 1 heterocycles. The highest BCUT2D eigenvalue weighted by molar-refractivity contribution is 5.95. The van der Waals surface area contributed by atoms with Crippen molar-refractivity contribution in [3.05, 3.63) is 72.1 Å². The van der Waals surface area contributed by atoms with Crippen LogP contribution < -0.4 is 15.4 Å². The Balaban J connectivity index is 1.60. The molecule has 7 nitrogen and oxygen atoms in total. The number of nitrogens with one attached hydrogen (secondary N) is 2. The van der Waals surface area contributed by atoms with E-state index in [0.29, 0.717) is 0 Å². The largest absolute Gasteiger partial charge is 0.497 e. The lowest BCUT2D eigenvalue weighted by atomic mass is 9.93. The summed E-state index contributed by atoms with van der Waals surface area (Å²) >= 11 is 0. The SMILES string of the molecule is CNC(=O)C(NC(=O)C1(c2ccc(OC)cc2)CC1)c1cccc(-c2cnn(C)c2)c1. The van der Waals surface area contributed by atoms with Gasteiger partial charge in [0.05, 0.1) is 18.7 Å². The molecule has 0 spiro atoms. The Morgan fingerprint density at radius 1 is 1.13 bits per heavy atom. The average molecular weight is 418 g/mol. The molecule has 3 aromatic rings. The van der Waals surface area contributed by atoms with Crippen LogP contribution in [0.15, 0.2) is 60.9 Å². The molecule has 1 atom stereocenters. The third-order valence-corrected chi connectivity index (χ3v) is 5.87. The van der Waals surface area contributed by atoms with E-state index in [1.165, 1.54) is 0 Å². The Morgan fingerprint density at radius 2 is 1.87 bits per heavy atom. The summed E-state index contributed by atoms with van der Waals surface area (Å²) in [5.74, 6) is 0.343. The lowest BCUT2D eigenvalue weighted by Crippen LogP contribution is -2.43. The van der Waals surface area contributed by atoms with Crippen molar-refractivity contribution >= 4 is 11.8 Å². The summed E-state index contributed by atoms with van der Waals surface area (Å²) in [7, 11) is 5.04. The standard InChI is InChI=1S/C24H26N4O3/c1-25-22(29)21(17-6-4-5-16(13-17)18-14-26-28(2)15-18)27-23(30)24(11-12-24)19-7-9-20(31-3)10-8-19/h4-10,13-15,21H,11-12H2,1-3H3,(H,25,29)(H,27,30). The van der Waals surface area contributed by atoms with E-state index in [2.05, 4.69) is 15.7 Å². The molecule has 4 rings (SSSR count). The first kappa shape index (κ1) is 20.7. The van der Waals surface area contributed by atoms with Crippen LogP contribution in [0.1, 0.15) is 30.0 Å². The van der Waals surface area contributed by atoms with Crippen LogP contribution in [-0.2, 0) is 22.1 Å². The molecule has 1 aromatic heterocycles. The quantitative estimate of drug-likeness (QED) is 0.618. The van der Waals surface area contributed by atoms with Crippen LogP contribution in [0.2, 0.25) is 0 Å². The van der Waals surface area contributed by atoms with Crippen LogP contribution in [-0.4, -0.2) is 35.8 Å². The fourth-order valence-electron chi connectivity index (χ4n) is 3.86. The molecule has 0 radical (unpaired) electrons. The Morgan fingerprint density at radius 3 is 2.45 bits per heavy atom. The summed E-state index contributed by atoms with van der Waals surface area (Å²) in [4.78, 5) is 26.0. The molecule has 2 amide bonds. The van der Waals surface area contributed by atoms with Crippen molar-refractivity contribution in [2.24, 2.45) is 7.05 Å². The van der Waals surface area contributed by atoms with Gasteiger partial charge < -0.3 is 15.4 Å². The van der Waals surface area contributed by atoms with Gasteiger partial charge in [0.2, 0.25) is 11.8 Å². The van der Waals surface area contributed by atoms with E-state index in [0.717, 1.165) is 40.8 Å².